The molecule has 5 nitrogen and oxygen atoms in total. The summed E-state index contributed by atoms with van der Waals surface area (Å²) in [6, 6.07) is 79.2. The average molecular weight is 1190 g/mol. The molecule has 0 atom stereocenters. The van der Waals surface area contributed by atoms with Crippen molar-refractivity contribution < 1.29 is 27.5 Å². The van der Waals surface area contributed by atoms with Crippen LogP contribution in [-0.4, -0.2) is 30.4 Å². The molecule has 0 amide bonds. The van der Waals surface area contributed by atoms with E-state index in [0.717, 1.165) is 57.0 Å². The van der Waals surface area contributed by atoms with Gasteiger partial charge in [-0.25, -0.2) is 0 Å². The van der Waals surface area contributed by atoms with Crippen molar-refractivity contribution in [2.24, 2.45) is 0 Å². The zero-order chi connectivity index (χ0) is 51.4. The van der Waals surface area contributed by atoms with Gasteiger partial charge in [0.2, 0.25) is 0 Å². The van der Waals surface area contributed by atoms with Gasteiger partial charge in [-0.2, -0.15) is 0 Å². The molecule has 0 radical (unpaired) electrons. The van der Waals surface area contributed by atoms with Crippen LogP contribution in [-0.2, 0) is 23.9 Å². The van der Waals surface area contributed by atoms with E-state index in [4.69, 9.17) is 26.3 Å². The third-order valence-electron chi connectivity index (χ3n) is 13.4. The fourth-order valence-electron chi connectivity index (χ4n) is 9.85. The van der Waals surface area contributed by atoms with Crippen LogP contribution >= 0.6 is 36.3 Å². The second-order valence-electron chi connectivity index (χ2n) is 18.2. The molecule has 6 N–H and O–H groups in total. The van der Waals surface area contributed by atoms with Crippen molar-refractivity contribution in [1.82, 2.24) is 0 Å². The Morgan fingerprint density at radius 3 is 1.45 bits per heavy atom. The second-order valence-corrected chi connectivity index (χ2v) is 19.0. The van der Waals surface area contributed by atoms with E-state index < -0.39 is 7.12 Å². The summed E-state index contributed by atoms with van der Waals surface area (Å²) in [6.45, 7) is 2.00. The summed E-state index contributed by atoms with van der Waals surface area (Å²) in [6.07, 6.45) is 3.59. The van der Waals surface area contributed by atoms with Gasteiger partial charge in [0.05, 0.1) is 0 Å². The topological polar surface area (TPSA) is 102 Å². The number of anilines is 2. The van der Waals surface area contributed by atoms with Crippen LogP contribution in [0.5, 0.6) is 0 Å². The Labute approximate surface area is 461 Å². The summed E-state index contributed by atoms with van der Waals surface area (Å²) in [7, 11) is -1.38. The van der Waals surface area contributed by atoms with E-state index in [1.54, 1.807) is 32.5 Å². The van der Waals surface area contributed by atoms with Crippen LogP contribution in [0.25, 0.3) is 86.9 Å². The first kappa shape index (κ1) is 52.3. The third kappa shape index (κ3) is 12.2. The average Bonchev–Trinajstić information content (AvgIpc) is 4.05. The SMILES string of the molecule is C1CCOC1.Nc1cccc2cccc(-c3ccc4ccccc4c3)c12.Nc1cccc2cccc(Br)c12.OB(O)c1ccc2ccccc2c1.[Cu][I].c1ccc2cc3c(cc2c1)Cc1cccc2cccc-3c12. The van der Waals surface area contributed by atoms with Gasteiger partial charge in [0.25, 0.3) is 0 Å². The number of halogens is 2. The van der Waals surface area contributed by atoms with Crippen LogP contribution < -0.4 is 16.9 Å². The molecule has 0 bridgehead atoms. The largest absolute Gasteiger partial charge is 0.0616 e. The van der Waals surface area contributed by atoms with Gasteiger partial charge >= 0.3 is 40.2 Å². The molecule has 14 rings (SSSR count). The van der Waals surface area contributed by atoms with Crippen molar-refractivity contribution >= 4 is 125 Å². The number of rotatable bonds is 2. The summed E-state index contributed by atoms with van der Waals surface area (Å²) < 4.78 is 6.00. The van der Waals surface area contributed by atoms with E-state index in [0.29, 0.717) is 5.46 Å². The summed E-state index contributed by atoms with van der Waals surface area (Å²) in [5.74, 6) is 0. The minimum atomic E-state index is -1.38. The number of fused-ring (bicyclic) bond motifs is 7. The fraction of sp³-hybridized carbons (Fsp3) is 0.0769. The molecule has 2 aliphatic rings. The van der Waals surface area contributed by atoms with Gasteiger partial charge in [-0.15, -0.1) is 0 Å². The maximum Gasteiger partial charge on any atom is -0.00130 e. The van der Waals surface area contributed by atoms with Gasteiger partial charge in [-0.3, -0.25) is 0 Å². The summed E-state index contributed by atoms with van der Waals surface area (Å²) >= 11 is 9.34. The fourth-order valence-corrected chi connectivity index (χ4v) is 10.5. The van der Waals surface area contributed by atoms with E-state index in [1.807, 2.05) is 66.7 Å². The van der Waals surface area contributed by atoms with Crippen molar-refractivity contribution in [3.05, 3.63) is 246 Å². The first-order chi connectivity index (χ1) is 36.3. The maximum absolute atomic E-state index is 8.94. The normalized spacial score (nSPS) is 11.9. The molecule has 0 spiro atoms. The van der Waals surface area contributed by atoms with E-state index in [1.165, 1.54) is 89.3 Å². The molecule has 1 aliphatic heterocycles. The van der Waals surface area contributed by atoms with Crippen molar-refractivity contribution in [1.29, 1.82) is 0 Å². The van der Waals surface area contributed by atoms with Crippen LogP contribution in [0.2, 0.25) is 0 Å². The standard InChI is InChI=1S/C21H14.C20H15N.C10H9BO2.C10H8BrN.C4H8O.Cu.HI/c1-2-6-16-13-20-18(11-15(16)5-1)12-17-9-3-7-14-8-4-10-19(20)21(14)17;21-19-10-4-8-15-7-3-9-18(20(15)19)17-12-11-14-5-1-2-6-16(14)13-17;12-11(13)10-6-5-8-3-1-2-4-9(8)7-10;11-8-5-1-3-7-4-2-6-9(12)10(7)8;1-2-4-5-3-1;;/h1-11,13H,12H2;1-13H,21H2;1-7,12-13H;1-6H,12H2;1-4H2;;1H/q;;;;;+1;/p-1. The quantitative estimate of drug-likeness (QED) is 0.0785. The van der Waals surface area contributed by atoms with E-state index >= 15 is 0 Å². The Morgan fingerprint density at radius 1 is 0.405 bits per heavy atom. The predicted octanol–water partition coefficient (Wildman–Crippen LogP) is 16.2. The number of benzene rings is 12. The van der Waals surface area contributed by atoms with E-state index in [-0.39, 0.29) is 0 Å². The molecule has 12 aromatic carbocycles. The van der Waals surface area contributed by atoms with Gasteiger partial charge in [-0.05, 0) is 142 Å². The third-order valence-corrected chi connectivity index (χ3v) is 14.1. The van der Waals surface area contributed by atoms with E-state index in [9.17, 15) is 0 Å². The monoisotopic (exact) mass is 1190 g/mol. The first-order valence-corrected chi connectivity index (χ1v) is 28.4. The van der Waals surface area contributed by atoms with Crippen molar-refractivity contribution in [2.75, 3.05) is 24.7 Å². The van der Waals surface area contributed by atoms with Gasteiger partial charge < -0.3 is 26.3 Å². The van der Waals surface area contributed by atoms with Crippen molar-refractivity contribution in [3.63, 3.8) is 0 Å². The zero-order valence-corrected chi connectivity index (χ0v) is 45.3. The number of ether oxygens (including phenoxy) is 1. The molecule has 1 aliphatic carbocycles. The Kier molecular flexibility index (Phi) is 17.8. The molecule has 1 heterocycles. The molecule has 0 saturated carbocycles. The van der Waals surface area contributed by atoms with Gasteiger partial charge in [-0.1, -0.05) is 216 Å². The molecule has 0 unspecified atom stereocenters. The second kappa shape index (κ2) is 25.1. The molecule has 0 aromatic heterocycles. The minimum Gasteiger partial charge on any atom is -0.0616 e. The molecule has 1 saturated heterocycles. The Hall–Kier alpha value is -6.53. The number of nitrogen functional groups attached to an aromatic ring is 2. The predicted molar refractivity (Wildman–Crippen MR) is 325 cm³/mol. The number of nitrogens with two attached hydrogens (primary N) is 2. The van der Waals surface area contributed by atoms with Crippen LogP contribution in [0, 0.1) is 0 Å². The van der Waals surface area contributed by atoms with Crippen molar-refractivity contribution in [3.8, 4) is 22.3 Å². The molecule has 12 aromatic rings. The van der Waals surface area contributed by atoms with Crippen LogP contribution in [0.1, 0.15) is 24.0 Å². The van der Waals surface area contributed by atoms with Crippen LogP contribution in [0.3, 0.4) is 0 Å². The van der Waals surface area contributed by atoms with E-state index in [2.05, 4.69) is 180 Å². The molecule has 9 heteroatoms. The first-order valence-electron chi connectivity index (χ1n) is 24.5. The van der Waals surface area contributed by atoms with Gasteiger partial charge in [0.15, 0.2) is 0 Å². The number of hydrogen-bond acceptors (Lipinski definition) is 5. The minimum absolute atomic E-state index is 0.527. The Morgan fingerprint density at radius 2 is 0.865 bits per heavy atom. The zero-order valence-electron chi connectivity index (χ0n) is 40.6. The molecular weight excluding hydrogens is 1140 g/mol. The Balaban J connectivity index is 0.000000119. The van der Waals surface area contributed by atoms with Crippen LogP contribution in [0.15, 0.2) is 235 Å². The molecule has 1 fully saturated rings. The van der Waals surface area contributed by atoms with Crippen molar-refractivity contribution in [2.45, 2.75) is 19.3 Å². The Bertz CT molecular complexity index is 3790. The van der Waals surface area contributed by atoms with Gasteiger partial charge in [0, 0.05) is 39.8 Å². The number of hydrogen-bond donors (Lipinski definition) is 4. The summed E-state index contributed by atoms with van der Waals surface area (Å²) in [5.41, 5.74) is 22.3. The smallest absolute Gasteiger partial charge is 0.00130 e. The van der Waals surface area contributed by atoms with Crippen LogP contribution in [0.4, 0.5) is 11.4 Å². The molecule has 74 heavy (non-hydrogen) atoms. The molecular formula is C65H54BBrCuIN2O3. The summed E-state index contributed by atoms with van der Waals surface area (Å²) in [5, 5.41) is 32.5. The maximum atomic E-state index is 8.94. The van der Waals surface area contributed by atoms with Gasteiger partial charge in [0.1, 0.15) is 0 Å². The molecule has 370 valence electrons. The summed E-state index contributed by atoms with van der Waals surface area (Å²) in [4.78, 5) is 0.